The van der Waals surface area contributed by atoms with Crippen molar-refractivity contribution < 1.29 is 16.8 Å². The molecule has 8 heteroatoms. The highest BCUT2D eigenvalue weighted by Crippen LogP contribution is 2.38. The summed E-state index contributed by atoms with van der Waals surface area (Å²) in [5.74, 6) is 0. The van der Waals surface area contributed by atoms with Gasteiger partial charge in [-0.1, -0.05) is 26.0 Å². The third kappa shape index (κ3) is 4.55. The SMILES string of the molecule is CC[C@H](C)NS(=O)(=O)c1ccc2c(c1)Cc1cc(S(=O)(=O)N[C@@H](C)CC)ccc1-2. The second kappa shape index (κ2) is 8.18. The molecule has 0 radical (unpaired) electrons. The van der Waals surface area contributed by atoms with Crippen LogP contribution in [-0.2, 0) is 26.5 Å². The lowest BCUT2D eigenvalue weighted by Gasteiger charge is -2.13. The van der Waals surface area contributed by atoms with Crippen molar-refractivity contribution >= 4 is 20.0 Å². The van der Waals surface area contributed by atoms with Crippen molar-refractivity contribution in [2.75, 3.05) is 0 Å². The van der Waals surface area contributed by atoms with E-state index in [1.807, 2.05) is 27.7 Å². The van der Waals surface area contributed by atoms with E-state index in [1.54, 1.807) is 36.4 Å². The first kappa shape index (κ1) is 22.0. The van der Waals surface area contributed by atoms with Crippen LogP contribution in [0.1, 0.15) is 51.7 Å². The summed E-state index contributed by atoms with van der Waals surface area (Å²) < 4.78 is 55.7. The molecule has 2 aromatic rings. The van der Waals surface area contributed by atoms with Gasteiger partial charge in [0.2, 0.25) is 20.0 Å². The zero-order valence-corrected chi connectivity index (χ0v) is 18.8. The van der Waals surface area contributed by atoms with Gasteiger partial charge in [-0.3, -0.25) is 0 Å². The Balaban J connectivity index is 1.91. The fourth-order valence-electron chi connectivity index (χ4n) is 3.33. The summed E-state index contributed by atoms with van der Waals surface area (Å²) >= 11 is 0. The van der Waals surface area contributed by atoms with Gasteiger partial charge in [0.1, 0.15) is 0 Å². The van der Waals surface area contributed by atoms with Crippen LogP contribution >= 0.6 is 0 Å². The summed E-state index contributed by atoms with van der Waals surface area (Å²) in [6, 6.07) is 9.90. The molecule has 0 heterocycles. The molecule has 3 rings (SSSR count). The van der Waals surface area contributed by atoms with Gasteiger partial charge >= 0.3 is 0 Å². The van der Waals surface area contributed by atoms with E-state index in [1.165, 1.54) is 0 Å². The van der Waals surface area contributed by atoms with Gasteiger partial charge in [-0.25, -0.2) is 26.3 Å². The first-order chi connectivity index (χ1) is 13.6. The van der Waals surface area contributed by atoms with E-state index >= 15 is 0 Å². The Morgan fingerprint density at radius 2 is 1.14 bits per heavy atom. The number of sulfonamides is 2. The maximum atomic E-state index is 12.6. The molecule has 29 heavy (non-hydrogen) atoms. The maximum Gasteiger partial charge on any atom is 0.240 e. The Morgan fingerprint density at radius 1 is 0.759 bits per heavy atom. The van der Waals surface area contributed by atoms with Crippen molar-refractivity contribution in [1.82, 2.24) is 9.44 Å². The van der Waals surface area contributed by atoms with Gasteiger partial charge < -0.3 is 0 Å². The largest absolute Gasteiger partial charge is 0.240 e. The molecule has 0 amide bonds. The van der Waals surface area contributed by atoms with Gasteiger partial charge in [0.05, 0.1) is 9.79 Å². The molecule has 158 valence electrons. The molecule has 6 nitrogen and oxygen atoms in total. The molecule has 0 saturated carbocycles. The van der Waals surface area contributed by atoms with Crippen LogP contribution in [0.3, 0.4) is 0 Å². The molecule has 0 aromatic heterocycles. The van der Waals surface area contributed by atoms with Crippen molar-refractivity contribution in [2.24, 2.45) is 0 Å². The van der Waals surface area contributed by atoms with E-state index in [2.05, 4.69) is 9.44 Å². The van der Waals surface area contributed by atoms with Crippen molar-refractivity contribution in [2.45, 2.75) is 68.8 Å². The maximum absolute atomic E-state index is 12.6. The van der Waals surface area contributed by atoms with Gasteiger partial charge in [0, 0.05) is 12.1 Å². The average Bonchev–Trinajstić information content (AvgIpc) is 3.04. The quantitative estimate of drug-likeness (QED) is 0.566. The summed E-state index contributed by atoms with van der Waals surface area (Å²) in [4.78, 5) is 0.464. The molecular formula is C21H28N2O4S2. The summed E-state index contributed by atoms with van der Waals surface area (Å²) in [6.45, 7) is 7.51. The number of fused-ring (bicyclic) bond motifs is 3. The Morgan fingerprint density at radius 3 is 1.48 bits per heavy atom. The van der Waals surface area contributed by atoms with E-state index < -0.39 is 20.0 Å². The predicted octanol–water partition coefficient (Wildman–Crippen LogP) is 3.41. The summed E-state index contributed by atoms with van der Waals surface area (Å²) in [5.41, 5.74) is 3.66. The molecule has 0 fully saturated rings. The van der Waals surface area contributed by atoms with Gasteiger partial charge in [-0.05, 0) is 79.6 Å². The van der Waals surface area contributed by atoms with Crippen LogP contribution in [0, 0.1) is 0 Å². The Kier molecular flexibility index (Phi) is 6.19. The molecule has 0 spiro atoms. The van der Waals surface area contributed by atoms with Crippen LogP contribution in [-0.4, -0.2) is 28.9 Å². The van der Waals surface area contributed by atoms with Crippen LogP contribution in [0.4, 0.5) is 0 Å². The Labute approximate surface area is 173 Å². The second-order valence-corrected chi connectivity index (χ2v) is 11.1. The highest BCUT2D eigenvalue weighted by molar-refractivity contribution is 7.89. The molecule has 2 N–H and O–H groups in total. The topological polar surface area (TPSA) is 92.3 Å². The summed E-state index contributed by atoms with van der Waals surface area (Å²) in [6.07, 6.45) is 1.92. The minimum atomic E-state index is -3.58. The van der Waals surface area contributed by atoms with Crippen molar-refractivity contribution in [1.29, 1.82) is 0 Å². The van der Waals surface area contributed by atoms with Crippen LogP contribution in [0.15, 0.2) is 46.2 Å². The van der Waals surface area contributed by atoms with Crippen LogP contribution in [0.25, 0.3) is 11.1 Å². The first-order valence-electron chi connectivity index (χ1n) is 9.88. The molecule has 0 unspecified atom stereocenters. The van der Waals surface area contributed by atoms with Gasteiger partial charge in [-0.15, -0.1) is 0 Å². The van der Waals surface area contributed by atoms with E-state index in [-0.39, 0.29) is 21.9 Å². The van der Waals surface area contributed by atoms with Crippen molar-refractivity contribution in [3.63, 3.8) is 0 Å². The highest BCUT2D eigenvalue weighted by Gasteiger charge is 2.25. The minimum Gasteiger partial charge on any atom is -0.208 e. The molecule has 2 aromatic carbocycles. The zero-order valence-electron chi connectivity index (χ0n) is 17.2. The fourth-order valence-corrected chi connectivity index (χ4v) is 6.08. The molecule has 1 aliphatic carbocycles. The minimum absolute atomic E-state index is 0.142. The average molecular weight is 437 g/mol. The van der Waals surface area contributed by atoms with Gasteiger partial charge in [-0.2, -0.15) is 0 Å². The van der Waals surface area contributed by atoms with E-state index in [0.29, 0.717) is 19.3 Å². The number of benzene rings is 2. The highest BCUT2D eigenvalue weighted by atomic mass is 32.2. The predicted molar refractivity (Wildman–Crippen MR) is 115 cm³/mol. The third-order valence-electron chi connectivity index (χ3n) is 5.38. The lowest BCUT2D eigenvalue weighted by atomic mass is 10.1. The molecule has 0 saturated heterocycles. The summed E-state index contributed by atoms with van der Waals surface area (Å²) in [7, 11) is -7.17. The number of hydrogen-bond donors (Lipinski definition) is 2. The van der Waals surface area contributed by atoms with E-state index in [0.717, 1.165) is 22.3 Å². The van der Waals surface area contributed by atoms with E-state index in [4.69, 9.17) is 0 Å². The second-order valence-electron chi connectivity index (χ2n) is 7.68. The van der Waals surface area contributed by atoms with Crippen LogP contribution in [0.2, 0.25) is 0 Å². The Bertz CT molecular complexity index is 1040. The lowest BCUT2D eigenvalue weighted by molar-refractivity contribution is 0.554. The fraction of sp³-hybridized carbons (Fsp3) is 0.429. The van der Waals surface area contributed by atoms with Crippen molar-refractivity contribution in [3.8, 4) is 11.1 Å². The molecular weight excluding hydrogens is 408 g/mol. The van der Waals surface area contributed by atoms with Gasteiger partial charge in [0.25, 0.3) is 0 Å². The van der Waals surface area contributed by atoms with E-state index in [9.17, 15) is 16.8 Å². The van der Waals surface area contributed by atoms with Crippen LogP contribution < -0.4 is 9.44 Å². The van der Waals surface area contributed by atoms with Crippen molar-refractivity contribution in [3.05, 3.63) is 47.5 Å². The smallest absolute Gasteiger partial charge is 0.208 e. The monoisotopic (exact) mass is 436 g/mol. The third-order valence-corrected chi connectivity index (χ3v) is 8.56. The Hall–Kier alpha value is -1.74. The number of rotatable bonds is 8. The van der Waals surface area contributed by atoms with Crippen LogP contribution in [0.5, 0.6) is 0 Å². The number of hydrogen-bond acceptors (Lipinski definition) is 4. The normalized spacial score (nSPS) is 15.6. The zero-order chi connectivity index (χ0) is 21.4. The van der Waals surface area contributed by atoms with Gasteiger partial charge in [0.15, 0.2) is 0 Å². The molecule has 1 aliphatic rings. The molecule has 2 atom stereocenters. The molecule has 0 aliphatic heterocycles. The molecule has 0 bridgehead atoms. The lowest BCUT2D eigenvalue weighted by Crippen LogP contribution is -2.32. The standard InChI is InChI=1S/C21H28N2O4S2/c1-5-14(3)22-28(24,25)18-7-9-20-16(12-18)11-17-13-19(8-10-21(17)20)29(26,27)23-15(4)6-2/h7-10,12-15,22-23H,5-6,11H2,1-4H3/t14-,15-/m0/s1. The first-order valence-corrected chi connectivity index (χ1v) is 12.8. The number of nitrogens with one attached hydrogen (secondary N) is 2. The summed E-state index contributed by atoms with van der Waals surface area (Å²) in [5, 5.41) is 0.